The van der Waals surface area contributed by atoms with Crippen LogP contribution in [0.4, 0.5) is 0 Å². The third-order valence-corrected chi connectivity index (χ3v) is 1.39. The second-order valence-corrected chi connectivity index (χ2v) is 2.29. The van der Waals surface area contributed by atoms with Crippen LogP contribution < -0.4 is 0 Å². The molecular weight excluding hydrogens is 192 g/mol. The zero-order valence-corrected chi connectivity index (χ0v) is 7.80. The summed E-state index contributed by atoms with van der Waals surface area (Å²) in [4.78, 5) is 0. The normalized spacial score (nSPS) is 9.08. The molecule has 0 radical (unpaired) electrons. The fraction of sp³-hybridized carbons (Fsp3) is 0.222. The third kappa shape index (κ3) is 3.78. The van der Waals surface area contributed by atoms with Crippen LogP contribution in [-0.2, 0) is 23.8 Å². The zero-order valence-electron chi connectivity index (χ0n) is 6.53. The number of phenolic OH excluding ortho intramolecular Hbond substituents is 1. The van der Waals surface area contributed by atoms with Crippen molar-refractivity contribution in [2.45, 2.75) is 12.8 Å². The van der Waals surface area contributed by atoms with Gasteiger partial charge in [-0.3, -0.25) is 0 Å². The summed E-state index contributed by atoms with van der Waals surface area (Å²) in [6.45, 7) is 1.11. The van der Waals surface area contributed by atoms with E-state index in [4.69, 9.17) is 10.2 Å². The van der Waals surface area contributed by atoms with E-state index in [1.807, 2.05) is 0 Å². The number of hydrogen-bond acceptors (Lipinski definition) is 2. The Kier molecular flexibility index (Phi) is 5.83. The van der Waals surface area contributed by atoms with Crippen molar-refractivity contribution < 1.29 is 27.6 Å². The largest absolute Gasteiger partial charge is 2.00 e. The van der Waals surface area contributed by atoms with Crippen LogP contribution in [0.25, 0.3) is 0 Å². The molecule has 0 saturated carbocycles. The average Bonchev–Trinajstić information content (AvgIpc) is 2.01. The Labute approximate surface area is 83.0 Å². The van der Waals surface area contributed by atoms with Gasteiger partial charge in [0, 0.05) is 5.75 Å². The predicted molar refractivity (Wildman–Crippen MR) is 41.5 cm³/mol. The van der Waals surface area contributed by atoms with Crippen LogP contribution in [0, 0.1) is 12.7 Å². The minimum Gasteiger partial charge on any atom is -0.566 e. The van der Waals surface area contributed by atoms with Crippen LogP contribution in [0.1, 0.15) is 12.0 Å². The molecule has 1 aromatic carbocycles. The van der Waals surface area contributed by atoms with Crippen molar-refractivity contribution in [3.63, 3.8) is 0 Å². The van der Waals surface area contributed by atoms with Gasteiger partial charge >= 0.3 is 17.4 Å². The monoisotopic (exact) mass is 202 g/mol. The molecule has 0 unspecified atom stereocenters. The van der Waals surface area contributed by atoms with Crippen LogP contribution in [-0.4, -0.2) is 10.2 Å². The number of rotatable bonds is 3. The van der Waals surface area contributed by atoms with Gasteiger partial charge in [0.2, 0.25) is 0 Å². The molecule has 0 amide bonds. The van der Waals surface area contributed by atoms with E-state index in [1.165, 1.54) is 0 Å². The van der Waals surface area contributed by atoms with Gasteiger partial charge in [-0.15, -0.1) is 12.1 Å². The van der Waals surface area contributed by atoms with E-state index in [0.29, 0.717) is 12.8 Å². The zero-order chi connectivity index (χ0) is 8.10. The van der Waals surface area contributed by atoms with Gasteiger partial charge in [0.1, 0.15) is 0 Å². The Balaban J connectivity index is 0.00000121. The molecule has 0 aliphatic carbocycles. The summed E-state index contributed by atoms with van der Waals surface area (Å²) < 4.78 is 0. The van der Waals surface area contributed by atoms with Gasteiger partial charge in [-0.2, -0.15) is 24.1 Å². The van der Waals surface area contributed by atoms with E-state index in [9.17, 15) is 0 Å². The summed E-state index contributed by atoms with van der Waals surface area (Å²) in [5.74, 6) is 0.247. The van der Waals surface area contributed by atoms with E-state index in [1.54, 1.807) is 18.2 Å². The van der Waals surface area contributed by atoms with Crippen molar-refractivity contribution >= 4 is 0 Å². The standard InChI is InChI=1S/C9H10O2.Cr/c10-6-2-4-8-3-1-5-9(11)7-8;/h1,5-7,10-11H,2,4H2;/q-2;+2. The van der Waals surface area contributed by atoms with Crippen molar-refractivity contribution in [1.82, 2.24) is 0 Å². The third-order valence-electron chi connectivity index (χ3n) is 1.39. The summed E-state index contributed by atoms with van der Waals surface area (Å²) in [7, 11) is 0. The van der Waals surface area contributed by atoms with Crippen molar-refractivity contribution in [3.05, 3.63) is 36.4 Å². The second-order valence-electron chi connectivity index (χ2n) is 2.29. The van der Waals surface area contributed by atoms with E-state index in [-0.39, 0.29) is 23.1 Å². The van der Waals surface area contributed by atoms with Crippen molar-refractivity contribution in [2.75, 3.05) is 0 Å². The molecule has 0 fully saturated rings. The van der Waals surface area contributed by atoms with E-state index in [2.05, 4.69) is 6.07 Å². The first kappa shape index (κ1) is 11.5. The number of benzene rings is 1. The molecule has 0 aromatic heterocycles. The molecule has 0 aliphatic rings. The Hall–Kier alpha value is -0.488. The number of aryl methyl sites for hydroxylation is 1. The number of aliphatic hydroxyl groups is 1. The Morgan fingerprint density at radius 3 is 2.83 bits per heavy atom. The smallest absolute Gasteiger partial charge is 0.566 e. The van der Waals surface area contributed by atoms with E-state index in [0.717, 1.165) is 12.2 Å². The molecule has 1 aromatic rings. The number of aromatic hydroxyl groups is 1. The second kappa shape index (κ2) is 6.08. The maximum atomic E-state index is 9.02. The number of phenols is 1. The van der Waals surface area contributed by atoms with Gasteiger partial charge in [-0.05, 0) is 0 Å². The molecule has 0 atom stereocenters. The maximum absolute atomic E-state index is 9.02. The van der Waals surface area contributed by atoms with Crippen LogP contribution in [0.15, 0.2) is 18.2 Å². The van der Waals surface area contributed by atoms with Crippen molar-refractivity contribution in [2.24, 2.45) is 0 Å². The van der Waals surface area contributed by atoms with Crippen LogP contribution in [0.2, 0.25) is 0 Å². The molecule has 2 nitrogen and oxygen atoms in total. The van der Waals surface area contributed by atoms with E-state index < -0.39 is 0 Å². The molecule has 64 valence electrons. The Bertz CT molecular complexity index is 226. The summed E-state index contributed by atoms with van der Waals surface area (Å²) in [5.41, 5.74) is 0.912. The SMILES string of the molecule is O[CH-]CCc1[c-]ccc(O)c1.[Cr+2]. The van der Waals surface area contributed by atoms with Crippen LogP contribution in [0.3, 0.4) is 0 Å². The molecule has 0 heterocycles. The molecule has 3 heteroatoms. The summed E-state index contributed by atoms with van der Waals surface area (Å²) in [6, 6.07) is 7.84. The summed E-state index contributed by atoms with van der Waals surface area (Å²) in [6.07, 6.45) is 1.31. The van der Waals surface area contributed by atoms with Gasteiger partial charge in [0.15, 0.2) is 0 Å². The first-order chi connectivity index (χ1) is 5.33. The van der Waals surface area contributed by atoms with Gasteiger partial charge in [0.25, 0.3) is 0 Å². The molecule has 2 N–H and O–H groups in total. The first-order valence-corrected chi connectivity index (χ1v) is 3.48. The fourth-order valence-electron chi connectivity index (χ4n) is 0.867. The fourth-order valence-corrected chi connectivity index (χ4v) is 0.867. The predicted octanol–water partition coefficient (Wildman–Crippen LogP) is 1.66. The van der Waals surface area contributed by atoms with Gasteiger partial charge in [0.05, 0.1) is 0 Å². The van der Waals surface area contributed by atoms with E-state index >= 15 is 0 Å². The molecular formula is C9H10CrO2. The van der Waals surface area contributed by atoms with Crippen LogP contribution >= 0.6 is 0 Å². The molecule has 1 rings (SSSR count). The Morgan fingerprint density at radius 2 is 2.25 bits per heavy atom. The van der Waals surface area contributed by atoms with Crippen molar-refractivity contribution in [3.8, 4) is 5.75 Å². The minimum atomic E-state index is 0. The van der Waals surface area contributed by atoms with Crippen molar-refractivity contribution in [1.29, 1.82) is 0 Å². The number of hydrogen-bond donors (Lipinski definition) is 2. The minimum absolute atomic E-state index is 0. The number of aliphatic hydroxyl groups excluding tert-OH is 1. The summed E-state index contributed by atoms with van der Waals surface area (Å²) >= 11 is 0. The molecule has 0 saturated heterocycles. The van der Waals surface area contributed by atoms with Gasteiger partial charge in [-0.25, -0.2) is 6.61 Å². The maximum Gasteiger partial charge on any atom is 2.00 e. The average molecular weight is 202 g/mol. The first-order valence-electron chi connectivity index (χ1n) is 3.48. The molecule has 0 spiro atoms. The Morgan fingerprint density at radius 1 is 1.50 bits per heavy atom. The quantitative estimate of drug-likeness (QED) is 0.732. The van der Waals surface area contributed by atoms with Crippen LogP contribution in [0.5, 0.6) is 5.75 Å². The van der Waals surface area contributed by atoms with Gasteiger partial charge < -0.3 is 10.2 Å². The molecule has 0 bridgehead atoms. The summed E-state index contributed by atoms with van der Waals surface area (Å²) in [5, 5.41) is 17.4. The topological polar surface area (TPSA) is 40.5 Å². The van der Waals surface area contributed by atoms with Gasteiger partial charge in [-0.1, -0.05) is 6.42 Å². The molecule has 12 heavy (non-hydrogen) atoms. The molecule has 0 aliphatic heterocycles.